The molecule has 0 aliphatic rings. The quantitative estimate of drug-likeness (QED) is 0.423. The van der Waals surface area contributed by atoms with Gasteiger partial charge in [-0.2, -0.15) is 10.1 Å². The van der Waals surface area contributed by atoms with Gasteiger partial charge in [-0.05, 0) is 24.6 Å². The van der Waals surface area contributed by atoms with Crippen LogP contribution in [0.5, 0.6) is 5.88 Å². The Morgan fingerprint density at radius 3 is 2.56 bits per heavy atom. The highest BCUT2D eigenvalue weighted by Gasteiger charge is 2.07. The first-order valence-corrected chi connectivity index (χ1v) is 7.80. The highest BCUT2D eigenvalue weighted by Crippen LogP contribution is 2.21. The molecule has 0 bridgehead atoms. The maximum Gasteiger partial charge on any atom is 0.218 e. The smallest absolute Gasteiger partial charge is 0.218 e. The van der Waals surface area contributed by atoms with Gasteiger partial charge in [0.15, 0.2) is 11.6 Å². The van der Waals surface area contributed by atoms with Gasteiger partial charge in [0.2, 0.25) is 5.88 Å². The first kappa shape index (κ1) is 16.4. The second-order valence-electron chi connectivity index (χ2n) is 5.42. The van der Waals surface area contributed by atoms with Crippen molar-refractivity contribution in [1.82, 2.24) is 9.97 Å². The van der Waals surface area contributed by atoms with E-state index < -0.39 is 0 Å². The topological polar surface area (TPSA) is 85.4 Å². The number of hydrogen-bond donors (Lipinski definition) is 2. The van der Waals surface area contributed by atoms with Crippen LogP contribution in [0.15, 0.2) is 65.8 Å². The summed E-state index contributed by atoms with van der Waals surface area (Å²) in [5, 5.41) is 4.38. The van der Waals surface area contributed by atoms with Crippen molar-refractivity contribution in [2.75, 3.05) is 18.3 Å². The molecule has 0 fully saturated rings. The van der Waals surface area contributed by atoms with Gasteiger partial charge in [0, 0.05) is 17.3 Å². The van der Waals surface area contributed by atoms with Crippen LogP contribution in [0.2, 0.25) is 0 Å². The molecule has 6 heteroatoms. The van der Waals surface area contributed by atoms with Gasteiger partial charge in [0.1, 0.15) is 0 Å². The van der Waals surface area contributed by atoms with E-state index in [9.17, 15) is 0 Å². The van der Waals surface area contributed by atoms with Crippen LogP contribution in [0.3, 0.4) is 0 Å². The summed E-state index contributed by atoms with van der Waals surface area (Å²) >= 11 is 0. The number of nitrogens with one attached hydrogen (secondary N) is 1. The van der Waals surface area contributed by atoms with Gasteiger partial charge >= 0.3 is 0 Å². The molecule has 2 aromatic carbocycles. The fourth-order valence-corrected chi connectivity index (χ4v) is 2.27. The van der Waals surface area contributed by atoms with Crippen LogP contribution in [0, 0.1) is 0 Å². The fourth-order valence-electron chi connectivity index (χ4n) is 2.27. The van der Waals surface area contributed by atoms with E-state index >= 15 is 0 Å². The first-order chi connectivity index (χ1) is 12.2. The van der Waals surface area contributed by atoms with E-state index in [-0.39, 0.29) is 0 Å². The summed E-state index contributed by atoms with van der Waals surface area (Å²) in [6.07, 6.45) is 0. The molecule has 3 N–H and O–H groups in total. The SMILES string of the molecule is COc1cc(N/N=C(/C)c2cccc(N)c2)nc(-c2ccccc2)n1. The molecular weight excluding hydrogens is 314 g/mol. The van der Waals surface area contributed by atoms with Gasteiger partial charge in [0.25, 0.3) is 0 Å². The maximum absolute atomic E-state index is 5.81. The number of aromatic nitrogens is 2. The Kier molecular flexibility index (Phi) is 4.89. The largest absolute Gasteiger partial charge is 0.481 e. The van der Waals surface area contributed by atoms with Crippen molar-refractivity contribution >= 4 is 17.2 Å². The number of anilines is 2. The Labute approximate surface area is 146 Å². The summed E-state index contributed by atoms with van der Waals surface area (Å²) in [6.45, 7) is 1.90. The average molecular weight is 333 g/mol. The van der Waals surface area contributed by atoms with Crippen LogP contribution in [-0.2, 0) is 0 Å². The van der Waals surface area contributed by atoms with Crippen molar-refractivity contribution < 1.29 is 4.74 Å². The third kappa shape index (κ3) is 4.11. The highest BCUT2D eigenvalue weighted by molar-refractivity contribution is 5.99. The van der Waals surface area contributed by atoms with Crippen molar-refractivity contribution in [2.24, 2.45) is 5.10 Å². The third-order valence-electron chi connectivity index (χ3n) is 3.59. The van der Waals surface area contributed by atoms with Crippen molar-refractivity contribution in [3.8, 4) is 17.3 Å². The van der Waals surface area contributed by atoms with E-state index in [1.807, 2.05) is 61.5 Å². The van der Waals surface area contributed by atoms with E-state index in [1.165, 1.54) is 0 Å². The Bertz CT molecular complexity index is 893. The Balaban J connectivity index is 1.88. The lowest BCUT2D eigenvalue weighted by Crippen LogP contribution is -2.03. The zero-order valence-corrected chi connectivity index (χ0v) is 14.1. The summed E-state index contributed by atoms with van der Waals surface area (Å²) in [6, 6.07) is 19.0. The van der Waals surface area contributed by atoms with Crippen LogP contribution >= 0.6 is 0 Å². The number of hydrazone groups is 1. The molecule has 3 rings (SSSR count). The molecule has 0 amide bonds. The van der Waals surface area contributed by atoms with E-state index in [2.05, 4.69) is 20.5 Å². The normalized spacial score (nSPS) is 11.2. The molecule has 1 aromatic heterocycles. The number of nitrogens with two attached hydrogens (primary N) is 1. The summed E-state index contributed by atoms with van der Waals surface area (Å²) in [4.78, 5) is 8.88. The van der Waals surface area contributed by atoms with E-state index in [0.29, 0.717) is 23.2 Å². The number of hydrogen-bond acceptors (Lipinski definition) is 6. The van der Waals surface area contributed by atoms with Crippen molar-refractivity contribution in [3.63, 3.8) is 0 Å². The van der Waals surface area contributed by atoms with Crippen LogP contribution < -0.4 is 15.9 Å². The molecule has 3 aromatic rings. The molecular formula is C19H19N5O. The molecule has 0 atom stereocenters. The van der Waals surface area contributed by atoms with Gasteiger partial charge in [0.05, 0.1) is 12.8 Å². The molecule has 0 spiro atoms. The predicted octanol–water partition coefficient (Wildman–Crippen LogP) is 3.57. The minimum absolute atomic E-state index is 0.466. The summed E-state index contributed by atoms with van der Waals surface area (Å²) in [5.41, 5.74) is 12.1. The van der Waals surface area contributed by atoms with Gasteiger partial charge < -0.3 is 10.5 Å². The van der Waals surface area contributed by atoms with E-state index in [0.717, 1.165) is 16.8 Å². The number of nitrogens with zero attached hydrogens (tertiary/aromatic N) is 3. The van der Waals surface area contributed by atoms with Crippen molar-refractivity contribution in [1.29, 1.82) is 0 Å². The van der Waals surface area contributed by atoms with Gasteiger partial charge in [-0.15, -0.1) is 0 Å². The van der Waals surface area contributed by atoms with Gasteiger partial charge in [-0.3, -0.25) is 5.43 Å². The van der Waals surface area contributed by atoms with Crippen LogP contribution in [-0.4, -0.2) is 22.8 Å². The fraction of sp³-hybridized carbons (Fsp3) is 0.105. The Morgan fingerprint density at radius 1 is 1.04 bits per heavy atom. The third-order valence-corrected chi connectivity index (χ3v) is 3.59. The predicted molar refractivity (Wildman–Crippen MR) is 101 cm³/mol. The maximum atomic E-state index is 5.81. The second-order valence-corrected chi connectivity index (χ2v) is 5.42. The summed E-state index contributed by atoms with van der Waals surface area (Å²) < 4.78 is 5.27. The zero-order valence-electron chi connectivity index (χ0n) is 14.1. The molecule has 0 unspecified atom stereocenters. The summed E-state index contributed by atoms with van der Waals surface area (Å²) in [5.74, 6) is 1.58. The lowest BCUT2D eigenvalue weighted by Gasteiger charge is -2.08. The molecule has 25 heavy (non-hydrogen) atoms. The molecule has 0 saturated heterocycles. The second kappa shape index (κ2) is 7.44. The average Bonchev–Trinajstić information content (AvgIpc) is 2.66. The lowest BCUT2D eigenvalue weighted by atomic mass is 10.1. The number of methoxy groups -OCH3 is 1. The molecule has 126 valence electrons. The minimum Gasteiger partial charge on any atom is -0.481 e. The van der Waals surface area contributed by atoms with Crippen molar-refractivity contribution in [3.05, 3.63) is 66.2 Å². The molecule has 1 heterocycles. The molecule has 6 nitrogen and oxygen atoms in total. The van der Waals surface area contributed by atoms with E-state index in [4.69, 9.17) is 10.5 Å². The number of ether oxygens (including phenoxy) is 1. The molecule has 0 saturated carbocycles. The van der Waals surface area contributed by atoms with Crippen LogP contribution in [0.25, 0.3) is 11.4 Å². The number of benzene rings is 2. The van der Waals surface area contributed by atoms with Gasteiger partial charge in [-0.1, -0.05) is 42.5 Å². The number of rotatable bonds is 5. The van der Waals surface area contributed by atoms with Crippen LogP contribution in [0.1, 0.15) is 12.5 Å². The lowest BCUT2D eigenvalue weighted by molar-refractivity contribution is 0.398. The minimum atomic E-state index is 0.466. The summed E-state index contributed by atoms with van der Waals surface area (Å²) in [7, 11) is 1.57. The zero-order chi connectivity index (χ0) is 17.6. The van der Waals surface area contributed by atoms with Crippen molar-refractivity contribution in [2.45, 2.75) is 6.92 Å². The molecule has 0 aliphatic carbocycles. The standard InChI is InChI=1S/C19H19N5O/c1-13(15-9-6-10-16(20)11-15)23-24-17-12-18(25-2)22-19(21-17)14-7-4-3-5-8-14/h3-12H,20H2,1-2H3,(H,21,22,24)/b23-13-. The van der Waals surface area contributed by atoms with E-state index in [1.54, 1.807) is 13.2 Å². The number of nitrogen functional groups attached to an aromatic ring is 1. The Hall–Kier alpha value is -3.41. The Morgan fingerprint density at radius 2 is 1.84 bits per heavy atom. The van der Waals surface area contributed by atoms with Crippen LogP contribution in [0.4, 0.5) is 11.5 Å². The first-order valence-electron chi connectivity index (χ1n) is 7.80. The molecule has 0 radical (unpaired) electrons. The van der Waals surface area contributed by atoms with Gasteiger partial charge in [-0.25, -0.2) is 4.98 Å². The molecule has 0 aliphatic heterocycles. The monoisotopic (exact) mass is 333 g/mol. The highest BCUT2D eigenvalue weighted by atomic mass is 16.5.